The van der Waals surface area contributed by atoms with E-state index in [1.165, 1.54) is 6.92 Å². The van der Waals surface area contributed by atoms with Gasteiger partial charge in [0.2, 0.25) is 0 Å². The zero-order valence-corrected chi connectivity index (χ0v) is 11.8. The number of hydrogen-bond acceptors (Lipinski definition) is 3. The van der Waals surface area contributed by atoms with E-state index >= 15 is 0 Å². The summed E-state index contributed by atoms with van der Waals surface area (Å²) in [4.78, 5) is 10.9. The second-order valence-corrected chi connectivity index (χ2v) is 5.17. The van der Waals surface area contributed by atoms with Crippen LogP contribution in [0.3, 0.4) is 0 Å². The molecule has 0 aromatic heterocycles. The van der Waals surface area contributed by atoms with Crippen LogP contribution in [-0.2, 0) is 17.8 Å². The molecule has 0 fully saturated rings. The molecule has 2 N–H and O–H groups in total. The molecule has 0 radical (unpaired) electrons. The second kappa shape index (κ2) is 6.41. The maximum absolute atomic E-state index is 10.9. The molecule has 0 aliphatic rings. The van der Waals surface area contributed by atoms with Gasteiger partial charge in [-0.1, -0.05) is 42.5 Å². The van der Waals surface area contributed by atoms with Crippen LogP contribution in [0.15, 0.2) is 54.6 Å². The van der Waals surface area contributed by atoms with Crippen molar-refractivity contribution in [2.45, 2.75) is 25.6 Å². The average Bonchev–Trinajstić information content (AvgIpc) is 2.47. The zero-order valence-electron chi connectivity index (χ0n) is 11.8. The Balaban J connectivity index is 1.95. The number of rotatable bonds is 6. The topological polar surface area (TPSA) is 66.8 Å². The Morgan fingerprint density at radius 1 is 1.05 bits per heavy atom. The average molecular weight is 286 g/mol. The molecule has 4 nitrogen and oxygen atoms in total. The van der Waals surface area contributed by atoms with E-state index in [9.17, 15) is 9.90 Å². The molecule has 4 heteroatoms. The highest BCUT2D eigenvalue weighted by Gasteiger charge is 2.29. The summed E-state index contributed by atoms with van der Waals surface area (Å²) in [6, 6.07) is 16.9. The first kappa shape index (κ1) is 15.1. The quantitative estimate of drug-likeness (QED) is 0.856. The van der Waals surface area contributed by atoms with Crippen molar-refractivity contribution in [3.8, 4) is 5.75 Å². The maximum Gasteiger partial charge on any atom is 0.335 e. The van der Waals surface area contributed by atoms with Crippen molar-refractivity contribution in [2.24, 2.45) is 0 Å². The van der Waals surface area contributed by atoms with E-state index in [2.05, 4.69) is 0 Å². The maximum atomic E-state index is 10.9. The minimum Gasteiger partial charge on any atom is -0.489 e. The Bertz CT molecular complexity index is 588. The number of benzene rings is 2. The molecule has 0 bridgehead atoms. The molecule has 110 valence electrons. The summed E-state index contributed by atoms with van der Waals surface area (Å²) in [6.07, 6.45) is 0.0568. The number of carboxylic acids is 1. The molecule has 2 aromatic carbocycles. The van der Waals surface area contributed by atoms with Gasteiger partial charge in [-0.25, -0.2) is 4.79 Å². The van der Waals surface area contributed by atoms with Gasteiger partial charge in [0, 0.05) is 6.42 Å². The smallest absolute Gasteiger partial charge is 0.335 e. The molecule has 2 rings (SSSR count). The summed E-state index contributed by atoms with van der Waals surface area (Å²) in [5, 5.41) is 18.6. The van der Waals surface area contributed by atoms with Crippen LogP contribution in [0.1, 0.15) is 18.1 Å². The molecule has 0 heterocycles. The van der Waals surface area contributed by atoms with Crippen LogP contribution < -0.4 is 4.74 Å². The highest BCUT2D eigenvalue weighted by Crippen LogP contribution is 2.18. The van der Waals surface area contributed by atoms with Gasteiger partial charge < -0.3 is 14.9 Å². The Kier molecular flexibility index (Phi) is 4.60. The third kappa shape index (κ3) is 4.33. The molecular weight excluding hydrogens is 268 g/mol. The Morgan fingerprint density at radius 3 is 2.24 bits per heavy atom. The lowest BCUT2D eigenvalue weighted by Crippen LogP contribution is -2.37. The number of carbonyl (C=O) groups is 1. The largest absolute Gasteiger partial charge is 0.489 e. The summed E-state index contributed by atoms with van der Waals surface area (Å²) in [5.41, 5.74) is 0.0664. The van der Waals surface area contributed by atoms with Crippen molar-refractivity contribution in [3.05, 3.63) is 65.7 Å². The molecular formula is C17H18O4. The van der Waals surface area contributed by atoms with Crippen molar-refractivity contribution in [1.29, 1.82) is 0 Å². The number of ether oxygens (including phenoxy) is 1. The molecule has 0 aliphatic heterocycles. The highest BCUT2D eigenvalue weighted by molar-refractivity contribution is 5.76. The van der Waals surface area contributed by atoms with Crippen molar-refractivity contribution >= 4 is 5.97 Å². The van der Waals surface area contributed by atoms with Gasteiger partial charge in [0.25, 0.3) is 0 Å². The van der Waals surface area contributed by atoms with E-state index in [0.29, 0.717) is 12.4 Å². The van der Waals surface area contributed by atoms with Gasteiger partial charge in [0.15, 0.2) is 5.60 Å². The van der Waals surface area contributed by atoms with Crippen LogP contribution in [0, 0.1) is 0 Å². The van der Waals surface area contributed by atoms with Crippen LogP contribution >= 0.6 is 0 Å². The van der Waals surface area contributed by atoms with E-state index in [1.807, 2.05) is 30.3 Å². The molecule has 0 saturated carbocycles. The van der Waals surface area contributed by atoms with Crippen molar-refractivity contribution < 1.29 is 19.7 Å². The molecule has 0 saturated heterocycles. The summed E-state index contributed by atoms with van der Waals surface area (Å²) in [5.74, 6) is -0.524. The molecule has 0 amide bonds. The lowest BCUT2D eigenvalue weighted by molar-refractivity contribution is -0.156. The van der Waals surface area contributed by atoms with Gasteiger partial charge in [-0.2, -0.15) is 0 Å². The SMILES string of the molecule is CC(O)(Cc1ccc(OCc2ccccc2)cc1)C(=O)O. The van der Waals surface area contributed by atoms with Gasteiger partial charge >= 0.3 is 5.97 Å². The van der Waals surface area contributed by atoms with E-state index < -0.39 is 11.6 Å². The van der Waals surface area contributed by atoms with E-state index in [0.717, 1.165) is 11.1 Å². The fraction of sp³-hybridized carbons (Fsp3) is 0.235. The van der Waals surface area contributed by atoms with E-state index in [1.54, 1.807) is 24.3 Å². The third-order valence-corrected chi connectivity index (χ3v) is 3.18. The van der Waals surface area contributed by atoms with Gasteiger partial charge in [-0.3, -0.25) is 0 Å². The normalized spacial score (nSPS) is 13.4. The number of aliphatic hydroxyl groups is 1. The molecule has 0 aliphatic carbocycles. The Morgan fingerprint density at radius 2 is 1.67 bits per heavy atom. The van der Waals surface area contributed by atoms with Crippen LogP contribution in [0.5, 0.6) is 5.75 Å². The standard InChI is InChI=1S/C17H18O4/c1-17(20,16(18)19)11-13-7-9-15(10-8-13)21-12-14-5-3-2-4-6-14/h2-10,20H,11-12H2,1H3,(H,18,19). The van der Waals surface area contributed by atoms with Crippen LogP contribution in [0.4, 0.5) is 0 Å². The number of hydrogen-bond donors (Lipinski definition) is 2. The Labute approximate surface area is 123 Å². The van der Waals surface area contributed by atoms with Crippen molar-refractivity contribution in [1.82, 2.24) is 0 Å². The molecule has 1 unspecified atom stereocenters. The fourth-order valence-corrected chi connectivity index (χ4v) is 1.92. The first-order valence-electron chi connectivity index (χ1n) is 6.69. The van der Waals surface area contributed by atoms with Gasteiger partial charge in [-0.05, 0) is 30.2 Å². The van der Waals surface area contributed by atoms with Crippen LogP contribution in [-0.4, -0.2) is 21.8 Å². The van der Waals surface area contributed by atoms with Crippen molar-refractivity contribution in [3.63, 3.8) is 0 Å². The fourth-order valence-electron chi connectivity index (χ4n) is 1.92. The third-order valence-electron chi connectivity index (χ3n) is 3.18. The van der Waals surface area contributed by atoms with Gasteiger partial charge in [-0.15, -0.1) is 0 Å². The minimum atomic E-state index is -1.76. The molecule has 21 heavy (non-hydrogen) atoms. The minimum absolute atomic E-state index is 0.0568. The zero-order chi connectivity index (χ0) is 15.3. The molecule has 2 aromatic rings. The number of carboxylic acid groups (broad SMARTS) is 1. The first-order chi connectivity index (χ1) is 9.97. The number of aliphatic carboxylic acids is 1. The Hall–Kier alpha value is -2.33. The second-order valence-electron chi connectivity index (χ2n) is 5.17. The summed E-state index contributed by atoms with van der Waals surface area (Å²) in [6.45, 7) is 1.77. The summed E-state index contributed by atoms with van der Waals surface area (Å²) in [7, 11) is 0. The van der Waals surface area contributed by atoms with Crippen molar-refractivity contribution in [2.75, 3.05) is 0 Å². The van der Waals surface area contributed by atoms with Crippen LogP contribution in [0.25, 0.3) is 0 Å². The summed E-state index contributed by atoms with van der Waals surface area (Å²) >= 11 is 0. The highest BCUT2D eigenvalue weighted by atomic mass is 16.5. The van der Waals surface area contributed by atoms with Gasteiger partial charge in [0.05, 0.1) is 0 Å². The van der Waals surface area contributed by atoms with Gasteiger partial charge in [0.1, 0.15) is 12.4 Å². The van der Waals surface area contributed by atoms with E-state index in [4.69, 9.17) is 9.84 Å². The van der Waals surface area contributed by atoms with Crippen LogP contribution in [0.2, 0.25) is 0 Å². The molecule has 1 atom stereocenters. The predicted octanol–water partition coefficient (Wildman–Crippen LogP) is 2.64. The monoisotopic (exact) mass is 286 g/mol. The summed E-state index contributed by atoms with van der Waals surface area (Å²) < 4.78 is 5.65. The first-order valence-corrected chi connectivity index (χ1v) is 6.69. The van der Waals surface area contributed by atoms with E-state index in [-0.39, 0.29) is 6.42 Å². The lowest BCUT2D eigenvalue weighted by Gasteiger charge is -2.17. The predicted molar refractivity (Wildman–Crippen MR) is 79.2 cm³/mol. The lowest BCUT2D eigenvalue weighted by atomic mass is 9.97. The molecule has 0 spiro atoms.